The van der Waals surface area contributed by atoms with E-state index in [1.165, 1.54) is 0 Å². The normalized spacial score (nSPS) is 11.2. The Morgan fingerprint density at radius 1 is 1.67 bits per heavy atom. The minimum Gasteiger partial charge on any atom is -0.483 e. The summed E-state index contributed by atoms with van der Waals surface area (Å²) in [7, 11) is 0. The van der Waals surface area contributed by atoms with Crippen LogP contribution in [0.15, 0.2) is 11.3 Å². The second-order valence-corrected chi connectivity index (χ2v) is 1.93. The maximum Gasteiger partial charge on any atom is 0.249 e. The molecule has 0 saturated carbocycles. The van der Waals surface area contributed by atoms with Crippen molar-refractivity contribution in [3.63, 3.8) is 0 Å². The maximum atomic E-state index is 10.1. The minimum atomic E-state index is -0.631. The van der Waals surface area contributed by atoms with Gasteiger partial charge in [-0.3, -0.25) is 4.79 Å². The summed E-state index contributed by atoms with van der Waals surface area (Å²) in [5.74, 6) is 0. The first-order valence-corrected chi connectivity index (χ1v) is 3.12. The molecule has 0 aromatic heterocycles. The van der Waals surface area contributed by atoms with E-state index in [1.54, 1.807) is 6.92 Å². The van der Waals surface area contributed by atoms with Crippen LogP contribution in [-0.4, -0.2) is 11.8 Å². The number of hydrogen-bond acceptors (Lipinski definition) is 2. The van der Waals surface area contributed by atoms with E-state index in [2.05, 4.69) is 4.74 Å². The average molecular weight is 169 g/mol. The number of carbonyl (C=O) groups excluding carboxylic acids is 1. The Kier molecular flexibility index (Phi) is 4.54. The van der Waals surface area contributed by atoms with Gasteiger partial charge < -0.3 is 4.74 Å². The number of halogens is 2. The van der Waals surface area contributed by atoms with Crippen LogP contribution in [0.2, 0.25) is 0 Å². The Morgan fingerprint density at radius 2 is 2.22 bits per heavy atom. The molecule has 0 N–H and O–H groups in total. The van der Waals surface area contributed by atoms with E-state index in [1.807, 2.05) is 0 Å². The highest BCUT2D eigenvalue weighted by Gasteiger charge is 1.93. The quantitative estimate of drug-likeness (QED) is 0.366. The number of carbonyl (C=O) groups is 1. The van der Waals surface area contributed by atoms with Gasteiger partial charge in [0.2, 0.25) is 5.24 Å². The molecule has 0 aromatic rings. The summed E-state index contributed by atoms with van der Waals surface area (Å²) in [6.07, 6.45) is 1.01. The van der Waals surface area contributed by atoms with Crippen LogP contribution in [0, 0.1) is 0 Å². The van der Waals surface area contributed by atoms with Crippen LogP contribution >= 0.6 is 23.2 Å². The molecule has 9 heavy (non-hydrogen) atoms. The first-order valence-electron chi connectivity index (χ1n) is 2.36. The Hall–Kier alpha value is -0.210. The number of hydrogen-bond donors (Lipinski definition) is 0. The molecule has 4 heteroatoms. The summed E-state index contributed by atoms with van der Waals surface area (Å²) in [6.45, 7) is 2.19. The van der Waals surface area contributed by atoms with Gasteiger partial charge in [-0.2, -0.15) is 0 Å². The summed E-state index contributed by atoms with van der Waals surface area (Å²) >= 11 is 10.2. The molecule has 0 aliphatic rings. The molecule has 0 amide bonds. The van der Waals surface area contributed by atoms with Gasteiger partial charge in [0, 0.05) is 0 Å². The molecular formula is C5H6Cl2O2. The summed E-state index contributed by atoms with van der Waals surface area (Å²) in [4.78, 5) is 10.1. The van der Waals surface area contributed by atoms with Gasteiger partial charge in [0.25, 0.3) is 0 Å². The maximum absolute atomic E-state index is 10.1. The minimum absolute atomic E-state index is 0.0255. The van der Waals surface area contributed by atoms with Crippen LogP contribution in [0.1, 0.15) is 6.92 Å². The first kappa shape index (κ1) is 8.79. The van der Waals surface area contributed by atoms with Crippen LogP contribution in [-0.2, 0) is 9.53 Å². The molecule has 0 aliphatic carbocycles. The van der Waals surface area contributed by atoms with Crippen molar-refractivity contribution in [2.75, 3.05) is 6.61 Å². The van der Waals surface area contributed by atoms with E-state index in [-0.39, 0.29) is 5.22 Å². The lowest BCUT2D eigenvalue weighted by atomic mass is 10.7. The third kappa shape index (κ3) is 5.66. The van der Waals surface area contributed by atoms with Crippen molar-refractivity contribution >= 4 is 28.4 Å². The van der Waals surface area contributed by atoms with E-state index in [9.17, 15) is 4.79 Å². The van der Waals surface area contributed by atoms with Crippen molar-refractivity contribution in [2.45, 2.75) is 6.92 Å². The van der Waals surface area contributed by atoms with Crippen molar-refractivity contribution < 1.29 is 9.53 Å². The fraction of sp³-hybridized carbons (Fsp3) is 0.400. The van der Waals surface area contributed by atoms with E-state index in [4.69, 9.17) is 23.2 Å². The lowest BCUT2D eigenvalue weighted by Crippen LogP contribution is -1.86. The van der Waals surface area contributed by atoms with Gasteiger partial charge >= 0.3 is 0 Å². The SMILES string of the molecule is CCO/C(Cl)=C/C(=O)Cl. The van der Waals surface area contributed by atoms with Crippen molar-refractivity contribution in [1.82, 2.24) is 0 Å². The predicted molar refractivity (Wildman–Crippen MR) is 36.4 cm³/mol. The van der Waals surface area contributed by atoms with Crippen molar-refractivity contribution in [1.29, 1.82) is 0 Å². The van der Waals surface area contributed by atoms with Crippen LogP contribution in [0.25, 0.3) is 0 Å². The average Bonchev–Trinajstić information content (AvgIpc) is 1.63. The molecule has 0 fully saturated rings. The van der Waals surface area contributed by atoms with Crippen LogP contribution < -0.4 is 0 Å². The Morgan fingerprint density at radius 3 is 2.56 bits per heavy atom. The van der Waals surface area contributed by atoms with Crippen LogP contribution in [0.5, 0.6) is 0 Å². The third-order valence-corrected chi connectivity index (χ3v) is 0.837. The topological polar surface area (TPSA) is 26.3 Å². The molecule has 0 unspecified atom stereocenters. The van der Waals surface area contributed by atoms with E-state index in [0.29, 0.717) is 6.61 Å². The molecule has 2 nitrogen and oxygen atoms in total. The molecule has 52 valence electrons. The van der Waals surface area contributed by atoms with Crippen molar-refractivity contribution in [3.05, 3.63) is 11.3 Å². The van der Waals surface area contributed by atoms with Gasteiger partial charge in [0.05, 0.1) is 12.7 Å². The zero-order valence-electron chi connectivity index (χ0n) is 4.86. The first-order chi connectivity index (χ1) is 4.16. The second-order valence-electron chi connectivity index (χ2n) is 1.19. The summed E-state index contributed by atoms with van der Waals surface area (Å²) < 4.78 is 4.67. The highest BCUT2D eigenvalue weighted by atomic mass is 35.5. The predicted octanol–water partition coefficient (Wildman–Crippen LogP) is 1.87. The van der Waals surface area contributed by atoms with Gasteiger partial charge in [-0.25, -0.2) is 0 Å². The van der Waals surface area contributed by atoms with Gasteiger partial charge in [0.1, 0.15) is 0 Å². The van der Waals surface area contributed by atoms with Crippen LogP contribution in [0.3, 0.4) is 0 Å². The molecule has 0 bridgehead atoms. The van der Waals surface area contributed by atoms with Gasteiger partial charge in [0.15, 0.2) is 5.22 Å². The zero-order valence-corrected chi connectivity index (χ0v) is 6.37. The molecule has 0 aromatic carbocycles. The fourth-order valence-electron chi connectivity index (χ4n) is 0.269. The van der Waals surface area contributed by atoms with Gasteiger partial charge in [-0.1, -0.05) is 0 Å². The molecule has 0 atom stereocenters. The Bertz CT molecular complexity index is 131. The molecular weight excluding hydrogens is 163 g/mol. The van der Waals surface area contributed by atoms with Gasteiger partial charge in [-0.05, 0) is 30.1 Å². The standard InChI is InChI=1S/C5H6Cl2O2/c1-2-9-5(7)3-4(6)8/h3H,2H2,1H3/b5-3+. The van der Waals surface area contributed by atoms with Gasteiger partial charge in [-0.15, -0.1) is 0 Å². The van der Waals surface area contributed by atoms with Crippen LogP contribution in [0.4, 0.5) is 0 Å². The lowest BCUT2D eigenvalue weighted by Gasteiger charge is -1.95. The molecule has 0 aliphatic heterocycles. The lowest BCUT2D eigenvalue weighted by molar-refractivity contribution is -0.107. The molecule has 0 heterocycles. The van der Waals surface area contributed by atoms with Crippen molar-refractivity contribution in [2.24, 2.45) is 0 Å². The van der Waals surface area contributed by atoms with E-state index >= 15 is 0 Å². The molecule has 0 rings (SSSR count). The van der Waals surface area contributed by atoms with Crippen molar-refractivity contribution in [3.8, 4) is 0 Å². The highest BCUT2D eigenvalue weighted by molar-refractivity contribution is 6.67. The monoisotopic (exact) mass is 168 g/mol. The summed E-state index contributed by atoms with van der Waals surface area (Å²) in [5, 5.41) is -0.606. The zero-order chi connectivity index (χ0) is 7.28. The van der Waals surface area contributed by atoms with E-state index in [0.717, 1.165) is 6.08 Å². The largest absolute Gasteiger partial charge is 0.483 e. The number of ether oxygens (including phenoxy) is 1. The Labute approximate surface area is 63.4 Å². The molecule has 0 saturated heterocycles. The number of rotatable bonds is 3. The fourth-order valence-corrected chi connectivity index (χ4v) is 0.632. The summed E-state index contributed by atoms with van der Waals surface area (Å²) in [6, 6.07) is 0. The number of allylic oxidation sites excluding steroid dienone is 1. The van der Waals surface area contributed by atoms with E-state index < -0.39 is 5.24 Å². The second kappa shape index (κ2) is 4.65. The molecule has 0 spiro atoms. The smallest absolute Gasteiger partial charge is 0.249 e. The Balaban J connectivity index is 3.69. The third-order valence-electron chi connectivity index (χ3n) is 0.509. The summed E-state index contributed by atoms with van der Waals surface area (Å²) in [5.41, 5.74) is 0. The molecule has 0 radical (unpaired) electrons. The highest BCUT2D eigenvalue weighted by Crippen LogP contribution is 2.03.